The van der Waals surface area contributed by atoms with E-state index in [9.17, 15) is 18.0 Å². The van der Waals surface area contributed by atoms with Crippen LogP contribution in [0.3, 0.4) is 0 Å². The van der Waals surface area contributed by atoms with Crippen LogP contribution in [0.15, 0.2) is 10.6 Å². The Hall–Kier alpha value is -1.57. The first kappa shape index (κ1) is 12.9. The highest BCUT2D eigenvalue weighted by Gasteiger charge is 2.61. The topological polar surface area (TPSA) is 67.2 Å². The fourth-order valence-corrected chi connectivity index (χ4v) is 1.91. The molecule has 1 aromatic rings. The summed E-state index contributed by atoms with van der Waals surface area (Å²) in [5.74, 6) is -1.19. The third kappa shape index (κ3) is 2.07. The summed E-state index contributed by atoms with van der Waals surface area (Å²) in [5, 5.41) is 8.18. The molecule has 0 spiro atoms. The van der Waals surface area contributed by atoms with Crippen molar-refractivity contribution in [2.24, 2.45) is 5.41 Å². The van der Waals surface area contributed by atoms with Gasteiger partial charge < -0.3 is 9.84 Å². The summed E-state index contributed by atoms with van der Waals surface area (Å²) >= 11 is 0. The highest BCUT2D eigenvalue weighted by molar-refractivity contribution is 5.95. The minimum absolute atomic E-state index is 0.0759. The Morgan fingerprint density at radius 1 is 1.61 bits per heavy atom. The highest BCUT2D eigenvalue weighted by Crippen LogP contribution is 2.43. The Balaban J connectivity index is 2.20. The molecule has 0 bridgehead atoms. The van der Waals surface area contributed by atoms with E-state index in [0.29, 0.717) is 5.69 Å². The predicted molar refractivity (Wildman–Crippen MR) is 55.8 cm³/mol. The van der Waals surface area contributed by atoms with Crippen LogP contribution in [-0.4, -0.2) is 30.3 Å². The molecule has 1 aliphatic heterocycles. The van der Waals surface area contributed by atoms with Crippen LogP contribution in [0.25, 0.3) is 0 Å². The number of carbonyl (C=O) groups is 1. The lowest BCUT2D eigenvalue weighted by Crippen LogP contribution is -2.49. The van der Waals surface area contributed by atoms with Crippen LogP contribution in [0.1, 0.15) is 12.1 Å². The number of carbonyl (C=O) groups excluding carboxylic acids is 1. The SMILES string of the molecule is Cc1cc(NC(=O)C2(C(F)(F)F)CCNC2)on1. The maximum Gasteiger partial charge on any atom is 0.404 e. The van der Waals surface area contributed by atoms with Crippen LogP contribution in [-0.2, 0) is 4.79 Å². The number of aromatic nitrogens is 1. The van der Waals surface area contributed by atoms with E-state index in [4.69, 9.17) is 0 Å². The van der Waals surface area contributed by atoms with E-state index >= 15 is 0 Å². The van der Waals surface area contributed by atoms with Crippen molar-refractivity contribution in [3.8, 4) is 0 Å². The molecule has 2 heterocycles. The molecule has 1 atom stereocenters. The van der Waals surface area contributed by atoms with Crippen LogP contribution in [0, 0.1) is 12.3 Å². The third-order valence-electron chi connectivity index (χ3n) is 3.00. The molecule has 18 heavy (non-hydrogen) atoms. The van der Waals surface area contributed by atoms with Gasteiger partial charge in [0.15, 0.2) is 5.41 Å². The molecule has 5 nitrogen and oxygen atoms in total. The Bertz CT molecular complexity index is 449. The number of hydrogen-bond donors (Lipinski definition) is 2. The zero-order valence-electron chi connectivity index (χ0n) is 9.60. The highest BCUT2D eigenvalue weighted by atomic mass is 19.4. The van der Waals surface area contributed by atoms with Gasteiger partial charge in [0.05, 0.1) is 5.69 Å². The molecule has 0 radical (unpaired) electrons. The van der Waals surface area contributed by atoms with Gasteiger partial charge in [-0.2, -0.15) is 13.2 Å². The molecule has 0 saturated carbocycles. The average molecular weight is 263 g/mol. The van der Waals surface area contributed by atoms with Crippen LogP contribution in [0.2, 0.25) is 0 Å². The summed E-state index contributed by atoms with van der Waals surface area (Å²) in [4.78, 5) is 11.8. The number of aryl methyl sites for hydroxylation is 1. The first-order chi connectivity index (χ1) is 8.35. The lowest BCUT2D eigenvalue weighted by molar-refractivity contribution is -0.213. The summed E-state index contributed by atoms with van der Waals surface area (Å²) in [5.41, 5.74) is -1.91. The first-order valence-electron chi connectivity index (χ1n) is 5.37. The van der Waals surface area contributed by atoms with Gasteiger partial charge in [-0.05, 0) is 19.9 Å². The Kier molecular flexibility index (Phi) is 3.05. The van der Waals surface area contributed by atoms with Gasteiger partial charge >= 0.3 is 6.18 Å². The lowest BCUT2D eigenvalue weighted by Gasteiger charge is -2.28. The minimum Gasteiger partial charge on any atom is -0.338 e. The van der Waals surface area contributed by atoms with Gasteiger partial charge in [0.1, 0.15) is 0 Å². The van der Waals surface area contributed by atoms with E-state index in [1.54, 1.807) is 6.92 Å². The molecule has 0 aliphatic carbocycles. The van der Waals surface area contributed by atoms with Crippen molar-refractivity contribution in [3.63, 3.8) is 0 Å². The van der Waals surface area contributed by atoms with Gasteiger partial charge in [-0.3, -0.25) is 10.1 Å². The molecular formula is C10H12F3N3O2. The average Bonchev–Trinajstić information content (AvgIpc) is 2.86. The van der Waals surface area contributed by atoms with Crippen LogP contribution < -0.4 is 10.6 Å². The van der Waals surface area contributed by atoms with Crippen LogP contribution in [0.5, 0.6) is 0 Å². The maximum absolute atomic E-state index is 13.0. The van der Waals surface area contributed by atoms with Gasteiger partial charge in [-0.15, -0.1) is 0 Å². The van der Waals surface area contributed by atoms with Crippen molar-refractivity contribution in [1.29, 1.82) is 0 Å². The van der Waals surface area contributed by atoms with E-state index < -0.39 is 24.0 Å². The second-order valence-corrected chi connectivity index (χ2v) is 4.29. The lowest BCUT2D eigenvalue weighted by atomic mass is 9.85. The zero-order valence-corrected chi connectivity index (χ0v) is 9.60. The van der Waals surface area contributed by atoms with Gasteiger partial charge in [0.2, 0.25) is 11.8 Å². The fraction of sp³-hybridized carbons (Fsp3) is 0.600. The van der Waals surface area contributed by atoms with E-state index in [-0.39, 0.29) is 18.8 Å². The van der Waals surface area contributed by atoms with Crippen molar-refractivity contribution >= 4 is 11.8 Å². The molecule has 1 aromatic heterocycles. The van der Waals surface area contributed by atoms with Crippen molar-refractivity contribution in [2.45, 2.75) is 19.5 Å². The largest absolute Gasteiger partial charge is 0.404 e. The second kappa shape index (κ2) is 4.27. The van der Waals surface area contributed by atoms with Crippen molar-refractivity contribution in [3.05, 3.63) is 11.8 Å². The Labute approximate surface area is 101 Å². The number of nitrogens with one attached hydrogen (secondary N) is 2. The monoisotopic (exact) mass is 263 g/mol. The summed E-state index contributed by atoms with van der Waals surface area (Å²) in [6.07, 6.45) is -4.88. The van der Waals surface area contributed by atoms with E-state index in [0.717, 1.165) is 0 Å². The summed E-state index contributed by atoms with van der Waals surface area (Å²) in [6.45, 7) is 1.34. The Morgan fingerprint density at radius 2 is 2.33 bits per heavy atom. The van der Waals surface area contributed by atoms with Crippen LogP contribution >= 0.6 is 0 Å². The van der Waals surface area contributed by atoms with E-state index in [1.165, 1.54) is 6.07 Å². The van der Waals surface area contributed by atoms with Crippen molar-refractivity contribution < 1.29 is 22.5 Å². The predicted octanol–water partition coefficient (Wildman–Crippen LogP) is 1.46. The number of alkyl halides is 3. The van der Waals surface area contributed by atoms with E-state index in [1.807, 2.05) is 0 Å². The smallest absolute Gasteiger partial charge is 0.338 e. The van der Waals surface area contributed by atoms with Crippen LogP contribution in [0.4, 0.5) is 19.1 Å². The molecule has 8 heteroatoms. The van der Waals surface area contributed by atoms with Crippen molar-refractivity contribution in [1.82, 2.24) is 10.5 Å². The number of rotatable bonds is 2. The standard InChI is InChI=1S/C10H12F3N3O2/c1-6-4-7(18-16-6)15-8(17)9(10(11,12)13)2-3-14-5-9/h4,14H,2-3,5H2,1H3,(H,15,17). The molecule has 1 amide bonds. The van der Waals surface area contributed by atoms with Gasteiger partial charge in [0.25, 0.3) is 0 Å². The van der Waals surface area contributed by atoms with E-state index in [2.05, 4.69) is 20.3 Å². The molecule has 1 saturated heterocycles. The maximum atomic E-state index is 13.0. The molecule has 1 unspecified atom stereocenters. The normalized spacial score (nSPS) is 24.2. The summed E-state index contributed by atoms with van der Waals surface area (Å²) in [6, 6.07) is 1.37. The zero-order chi connectivity index (χ0) is 13.4. The van der Waals surface area contributed by atoms with Gasteiger partial charge in [0, 0.05) is 12.6 Å². The molecule has 0 aromatic carbocycles. The molecule has 1 fully saturated rings. The molecule has 2 N–H and O–H groups in total. The molecule has 2 rings (SSSR count). The van der Waals surface area contributed by atoms with Gasteiger partial charge in [-0.25, -0.2) is 0 Å². The number of amides is 1. The number of halogens is 3. The molecule has 100 valence electrons. The molecular weight excluding hydrogens is 251 g/mol. The summed E-state index contributed by atoms with van der Waals surface area (Å²) in [7, 11) is 0. The number of hydrogen-bond acceptors (Lipinski definition) is 4. The van der Waals surface area contributed by atoms with Crippen molar-refractivity contribution in [2.75, 3.05) is 18.4 Å². The quantitative estimate of drug-likeness (QED) is 0.847. The molecule has 1 aliphatic rings. The van der Waals surface area contributed by atoms with Gasteiger partial charge in [-0.1, -0.05) is 5.16 Å². The first-order valence-corrected chi connectivity index (χ1v) is 5.37. The third-order valence-corrected chi connectivity index (χ3v) is 3.00. The Morgan fingerprint density at radius 3 is 2.78 bits per heavy atom. The number of anilines is 1. The minimum atomic E-state index is -4.60. The number of nitrogens with zero attached hydrogens (tertiary/aromatic N) is 1. The fourth-order valence-electron chi connectivity index (χ4n) is 1.91. The summed E-state index contributed by atoms with van der Waals surface area (Å²) < 4.78 is 43.8. The second-order valence-electron chi connectivity index (χ2n) is 4.29.